The Morgan fingerprint density at radius 2 is 1.76 bits per heavy atom. The van der Waals surface area contributed by atoms with E-state index in [0.717, 1.165) is 12.1 Å². The quantitative estimate of drug-likeness (QED) is 0.913. The highest BCUT2D eigenvalue weighted by Gasteiger charge is 2.05. The molecule has 1 amide bonds. The van der Waals surface area contributed by atoms with Crippen LogP contribution in [0.2, 0.25) is 0 Å². The van der Waals surface area contributed by atoms with Crippen molar-refractivity contribution < 1.29 is 4.79 Å². The van der Waals surface area contributed by atoms with E-state index < -0.39 is 0 Å². The molecule has 2 rings (SSSR count). The van der Waals surface area contributed by atoms with E-state index >= 15 is 0 Å². The fourth-order valence-electron chi connectivity index (χ4n) is 2.29. The van der Waals surface area contributed by atoms with Gasteiger partial charge in [0.05, 0.1) is 0 Å². The second kappa shape index (κ2) is 7.04. The first-order chi connectivity index (χ1) is 10.1. The number of carbonyl (C=O) groups excluding carboxylic acids is 1. The van der Waals surface area contributed by atoms with Gasteiger partial charge in [0.2, 0.25) is 0 Å². The molecule has 110 valence electrons. The fourth-order valence-corrected chi connectivity index (χ4v) is 2.29. The molecule has 0 saturated heterocycles. The summed E-state index contributed by atoms with van der Waals surface area (Å²) in [5.41, 5.74) is 4.29. The zero-order valence-electron chi connectivity index (χ0n) is 12.9. The Bertz CT molecular complexity index is 603. The third-order valence-corrected chi connectivity index (χ3v) is 3.24. The number of benzene rings is 2. The van der Waals surface area contributed by atoms with E-state index in [2.05, 4.69) is 48.6 Å². The van der Waals surface area contributed by atoms with E-state index in [0.29, 0.717) is 12.1 Å². The highest BCUT2D eigenvalue weighted by molar-refractivity contribution is 5.94. The zero-order chi connectivity index (χ0) is 15.2. The Labute approximate surface area is 126 Å². The molecule has 0 aliphatic rings. The summed E-state index contributed by atoms with van der Waals surface area (Å²) in [6.07, 6.45) is 0. The molecule has 0 fully saturated rings. The molecule has 0 bridgehead atoms. The van der Waals surface area contributed by atoms with E-state index in [9.17, 15) is 4.79 Å². The van der Waals surface area contributed by atoms with Crippen molar-refractivity contribution in [1.82, 2.24) is 10.2 Å². The van der Waals surface area contributed by atoms with Crippen LogP contribution in [0.5, 0.6) is 0 Å². The largest absolute Gasteiger partial charge is 0.352 e. The fraction of sp³-hybridized carbons (Fsp3) is 0.278. The number of carbonyl (C=O) groups is 1. The maximum absolute atomic E-state index is 11.8. The Balaban J connectivity index is 2.20. The second-order valence-corrected chi connectivity index (χ2v) is 5.37. The van der Waals surface area contributed by atoms with Crippen LogP contribution in [0.25, 0.3) is 11.1 Å². The standard InChI is InChI=1S/C18H22N2O/c1-4-19-18(21)16-10-8-15(9-11-16)17-7-5-6-14(12-17)13-20(2)3/h5-12H,4,13H2,1-3H3,(H,19,21). The maximum atomic E-state index is 11.8. The van der Waals surface area contributed by atoms with Gasteiger partial charge >= 0.3 is 0 Å². The highest BCUT2D eigenvalue weighted by Crippen LogP contribution is 2.21. The molecule has 0 saturated carbocycles. The molecule has 0 aliphatic carbocycles. The minimum atomic E-state index is -0.0228. The van der Waals surface area contributed by atoms with Crippen LogP contribution in [0.1, 0.15) is 22.8 Å². The Morgan fingerprint density at radius 3 is 2.38 bits per heavy atom. The molecular formula is C18H22N2O. The predicted octanol–water partition coefficient (Wildman–Crippen LogP) is 3.16. The number of nitrogens with one attached hydrogen (secondary N) is 1. The molecule has 0 aliphatic heterocycles. The van der Waals surface area contributed by atoms with Crippen molar-refractivity contribution >= 4 is 5.91 Å². The summed E-state index contributed by atoms with van der Waals surface area (Å²) in [5, 5.41) is 2.81. The van der Waals surface area contributed by atoms with Crippen LogP contribution in [0.15, 0.2) is 48.5 Å². The predicted molar refractivity (Wildman–Crippen MR) is 87.3 cm³/mol. The van der Waals surface area contributed by atoms with E-state index in [-0.39, 0.29) is 5.91 Å². The van der Waals surface area contributed by atoms with Crippen molar-refractivity contribution in [3.8, 4) is 11.1 Å². The molecule has 0 heterocycles. The Morgan fingerprint density at radius 1 is 1.05 bits per heavy atom. The van der Waals surface area contributed by atoms with Gasteiger partial charge in [0, 0.05) is 18.7 Å². The second-order valence-electron chi connectivity index (χ2n) is 5.37. The Hall–Kier alpha value is -2.13. The summed E-state index contributed by atoms with van der Waals surface area (Å²) in [6.45, 7) is 3.49. The normalized spacial score (nSPS) is 10.7. The van der Waals surface area contributed by atoms with E-state index in [4.69, 9.17) is 0 Å². The van der Waals surface area contributed by atoms with Crippen molar-refractivity contribution in [2.45, 2.75) is 13.5 Å². The van der Waals surface area contributed by atoms with Gasteiger partial charge < -0.3 is 10.2 Å². The number of hydrogen-bond acceptors (Lipinski definition) is 2. The first-order valence-corrected chi connectivity index (χ1v) is 7.22. The molecule has 0 atom stereocenters. The molecule has 21 heavy (non-hydrogen) atoms. The molecule has 2 aromatic rings. The smallest absolute Gasteiger partial charge is 0.251 e. The van der Waals surface area contributed by atoms with Crippen LogP contribution in [-0.2, 0) is 6.54 Å². The minimum absolute atomic E-state index is 0.0228. The van der Waals surface area contributed by atoms with Crippen LogP contribution in [-0.4, -0.2) is 31.4 Å². The van der Waals surface area contributed by atoms with Crippen LogP contribution < -0.4 is 5.32 Å². The van der Waals surface area contributed by atoms with Gasteiger partial charge in [-0.05, 0) is 55.9 Å². The summed E-state index contributed by atoms with van der Waals surface area (Å²) < 4.78 is 0. The Kier molecular flexibility index (Phi) is 5.12. The van der Waals surface area contributed by atoms with Crippen LogP contribution in [0.4, 0.5) is 0 Å². The van der Waals surface area contributed by atoms with Crippen molar-refractivity contribution in [1.29, 1.82) is 0 Å². The summed E-state index contributed by atoms with van der Waals surface area (Å²) in [6, 6.07) is 16.2. The van der Waals surface area contributed by atoms with E-state index in [1.807, 2.05) is 31.2 Å². The lowest BCUT2D eigenvalue weighted by Gasteiger charge is -2.11. The van der Waals surface area contributed by atoms with Crippen molar-refractivity contribution in [3.05, 3.63) is 59.7 Å². The molecule has 3 heteroatoms. The third kappa shape index (κ3) is 4.17. The lowest BCUT2D eigenvalue weighted by Crippen LogP contribution is -2.22. The summed E-state index contributed by atoms with van der Waals surface area (Å²) in [5.74, 6) is -0.0228. The van der Waals surface area contributed by atoms with Gasteiger partial charge in [-0.1, -0.05) is 30.3 Å². The number of hydrogen-bond donors (Lipinski definition) is 1. The average molecular weight is 282 g/mol. The summed E-state index contributed by atoms with van der Waals surface area (Å²) >= 11 is 0. The summed E-state index contributed by atoms with van der Waals surface area (Å²) in [7, 11) is 4.13. The first kappa shape index (κ1) is 15.3. The van der Waals surface area contributed by atoms with Gasteiger partial charge in [0.15, 0.2) is 0 Å². The lowest BCUT2D eigenvalue weighted by atomic mass is 10.0. The van der Waals surface area contributed by atoms with Crippen molar-refractivity contribution in [2.24, 2.45) is 0 Å². The molecule has 0 aromatic heterocycles. The minimum Gasteiger partial charge on any atom is -0.352 e. The van der Waals surface area contributed by atoms with Crippen molar-refractivity contribution in [2.75, 3.05) is 20.6 Å². The maximum Gasteiger partial charge on any atom is 0.251 e. The highest BCUT2D eigenvalue weighted by atomic mass is 16.1. The van der Waals surface area contributed by atoms with Gasteiger partial charge in [-0.15, -0.1) is 0 Å². The van der Waals surface area contributed by atoms with Gasteiger partial charge in [-0.3, -0.25) is 4.79 Å². The van der Waals surface area contributed by atoms with Gasteiger partial charge in [0.25, 0.3) is 5.91 Å². The van der Waals surface area contributed by atoms with E-state index in [1.165, 1.54) is 11.1 Å². The van der Waals surface area contributed by atoms with Crippen LogP contribution in [0, 0.1) is 0 Å². The van der Waals surface area contributed by atoms with E-state index in [1.54, 1.807) is 0 Å². The monoisotopic (exact) mass is 282 g/mol. The number of rotatable bonds is 5. The molecule has 2 aromatic carbocycles. The average Bonchev–Trinajstić information content (AvgIpc) is 2.47. The summed E-state index contributed by atoms with van der Waals surface area (Å²) in [4.78, 5) is 13.9. The molecule has 3 nitrogen and oxygen atoms in total. The third-order valence-electron chi connectivity index (χ3n) is 3.24. The number of nitrogens with zero attached hydrogens (tertiary/aromatic N) is 1. The SMILES string of the molecule is CCNC(=O)c1ccc(-c2cccc(CN(C)C)c2)cc1. The molecule has 0 radical (unpaired) electrons. The van der Waals surface area contributed by atoms with Crippen molar-refractivity contribution in [3.63, 3.8) is 0 Å². The topological polar surface area (TPSA) is 32.3 Å². The van der Waals surface area contributed by atoms with Gasteiger partial charge in [0.1, 0.15) is 0 Å². The molecular weight excluding hydrogens is 260 g/mol. The molecule has 0 spiro atoms. The molecule has 0 unspecified atom stereocenters. The lowest BCUT2D eigenvalue weighted by molar-refractivity contribution is 0.0956. The van der Waals surface area contributed by atoms with Crippen LogP contribution >= 0.6 is 0 Å². The molecule has 1 N–H and O–H groups in total. The van der Waals surface area contributed by atoms with Crippen LogP contribution in [0.3, 0.4) is 0 Å². The zero-order valence-corrected chi connectivity index (χ0v) is 12.9. The number of amides is 1. The first-order valence-electron chi connectivity index (χ1n) is 7.22. The van der Waals surface area contributed by atoms with Gasteiger partial charge in [-0.25, -0.2) is 0 Å². The van der Waals surface area contributed by atoms with Gasteiger partial charge in [-0.2, -0.15) is 0 Å².